The molecule has 0 aliphatic carbocycles. The molecule has 0 fully saturated rings. The van der Waals surface area contributed by atoms with E-state index >= 15 is 0 Å². The van der Waals surface area contributed by atoms with Crippen LogP contribution in [0.2, 0.25) is 0 Å². The molecule has 0 aromatic rings. The molecule has 3 nitrogen and oxygen atoms in total. The molecular weight excluding hydrogens is 227 g/mol. The summed E-state index contributed by atoms with van der Waals surface area (Å²) in [5, 5.41) is 15.1. The first-order chi connectivity index (χ1) is 3.83. The van der Waals surface area contributed by atoms with Crippen LogP contribution < -0.4 is 0 Å². The Morgan fingerprint density at radius 3 is 1.11 bits per heavy atom. The normalized spacial score (nSPS) is 4.33. The van der Waals surface area contributed by atoms with Crippen LogP contribution in [0.5, 0.6) is 0 Å². The third-order valence-corrected chi connectivity index (χ3v) is 0. The van der Waals surface area contributed by atoms with Crippen molar-refractivity contribution in [2.45, 2.75) is 13.8 Å². The molecule has 9 heavy (non-hydrogen) atoms. The summed E-state index contributed by atoms with van der Waals surface area (Å²) in [6, 6.07) is 0. The number of halogens is 1. The molecule has 0 saturated carbocycles. The molecule has 0 spiro atoms. The van der Waals surface area contributed by atoms with E-state index < -0.39 is 0 Å². The third-order valence-electron chi connectivity index (χ3n) is 0. The summed E-state index contributed by atoms with van der Waals surface area (Å²) in [5.41, 5.74) is 0. The Morgan fingerprint density at radius 1 is 1.11 bits per heavy atom. The summed E-state index contributed by atoms with van der Waals surface area (Å²) in [6.45, 7) is 3.86. The van der Waals surface area contributed by atoms with E-state index in [0.29, 0.717) is 0 Å². The average molecular weight is 240 g/mol. The first-order valence-electron chi connectivity index (χ1n) is 2.23. The summed E-state index contributed by atoms with van der Waals surface area (Å²) in [4.78, 5) is 0. The summed E-state index contributed by atoms with van der Waals surface area (Å²) < 4.78 is 8.19. The van der Waals surface area contributed by atoms with Crippen molar-refractivity contribution < 1.29 is 31.3 Å². The van der Waals surface area contributed by atoms with E-state index in [-0.39, 0.29) is 30.2 Å². The SMILES string of the molecule is Br.CCO.CCO.[O]=[V]. The van der Waals surface area contributed by atoms with Gasteiger partial charge in [0.05, 0.1) is 0 Å². The second-order valence-electron chi connectivity index (χ2n) is 0.632. The predicted molar refractivity (Wildman–Crippen MR) is 36.5 cm³/mol. The molecule has 0 heterocycles. The van der Waals surface area contributed by atoms with E-state index in [1.165, 1.54) is 0 Å². The molecule has 0 aromatic carbocycles. The molecule has 59 valence electrons. The van der Waals surface area contributed by atoms with E-state index in [9.17, 15) is 0 Å². The van der Waals surface area contributed by atoms with Crippen molar-refractivity contribution in [3.05, 3.63) is 0 Å². The van der Waals surface area contributed by atoms with Crippen molar-refractivity contribution in [2.75, 3.05) is 13.2 Å². The molecule has 0 aliphatic heterocycles. The van der Waals surface area contributed by atoms with Gasteiger partial charge in [0.1, 0.15) is 0 Å². The minimum absolute atomic E-state index is 0. The number of hydrogen-bond acceptors (Lipinski definition) is 3. The number of rotatable bonds is 0. The van der Waals surface area contributed by atoms with Crippen molar-refractivity contribution in [3.8, 4) is 0 Å². The van der Waals surface area contributed by atoms with Gasteiger partial charge in [0.15, 0.2) is 0 Å². The molecule has 0 atom stereocenters. The number of aliphatic hydroxyl groups excluding tert-OH is 2. The van der Waals surface area contributed by atoms with E-state index in [4.69, 9.17) is 13.9 Å². The first kappa shape index (κ1) is 22.6. The topological polar surface area (TPSA) is 57.5 Å². The zero-order chi connectivity index (χ0) is 7.41. The van der Waals surface area contributed by atoms with Gasteiger partial charge in [-0.05, 0) is 13.8 Å². The Bertz CT molecular complexity index is 23.3. The molecule has 0 aliphatic rings. The predicted octanol–water partition coefficient (Wildman–Crippen LogP) is 0.454. The van der Waals surface area contributed by atoms with Gasteiger partial charge in [-0.1, -0.05) is 0 Å². The Hall–Kier alpha value is 0.784. The Morgan fingerprint density at radius 2 is 1.11 bits per heavy atom. The van der Waals surface area contributed by atoms with Crippen LogP contribution in [0.1, 0.15) is 13.8 Å². The van der Waals surface area contributed by atoms with Crippen LogP contribution in [-0.2, 0) is 21.0 Å². The van der Waals surface area contributed by atoms with E-state index in [1.54, 1.807) is 13.8 Å². The Balaban J connectivity index is -0.0000000202. The zero-order valence-electron chi connectivity index (χ0n) is 5.57. The van der Waals surface area contributed by atoms with Crippen LogP contribution in [0.15, 0.2) is 0 Å². The number of hydrogen-bond donors (Lipinski definition) is 2. The van der Waals surface area contributed by atoms with E-state index in [1.807, 2.05) is 0 Å². The van der Waals surface area contributed by atoms with Crippen LogP contribution in [0.3, 0.4) is 0 Å². The fraction of sp³-hybridized carbons (Fsp3) is 1.00. The molecule has 0 aromatic heterocycles. The van der Waals surface area contributed by atoms with E-state index in [2.05, 4.69) is 0 Å². The molecule has 0 rings (SSSR count). The molecule has 5 heteroatoms. The molecule has 2 N–H and O–H groups in total. The van der Waals surface area contributed by atoms with Crippen LogP contribution in [0.4, 0.5) is 0 Å². The Labute approximate surface area is 75.4 Å². The zero-order valence-corrected chi connectivity index (χ0v) is 8.68. The third kappa shape index (κ3) is 657. The van der Waals surface area contributed by atoms with Gasteiger partial charge >= 0.3 is 21.0 Å². The minimum atomic E-state index is 0. The summed E-state index contributed by atoms with van der Waals surface area (Å²) in [7, 11) is 0. The summed E-state index contributed by atoms with van der Waals surface area (Å²) in [5.74, 6) is 0. The van der Waals surface area contributed by atoms with Gasteiger partial charge in [-0.2, -0.15) is 0 Å². The van der Waals surface area contributed by atoms with Crippen molar-refractivity contribution >= 4 is 17.0 Å². The molecule has 0 amide bonds. The Kier molecular flexibility index (Phi) is 172. The standard InChI is InChI=1S/2C2H6O.BrH.O.V/c2*1-2-3;;;/h2*3H,2H2,1H3;1H;;. The van der Waals surface area contributed by atoms with Crippen molar-refractivity contribution in [1.29, 1.82) is 0 Å². The average Bonchev–Trinajstić information content (AvgIpc) is 1.75. The van der Waals surface area contributed by atoms with Crippen LogP contribution in [0, 0.1) is 0 Å². The maximum atomic E-state index is 8.19. The first-order valence-corrected chi connectivity index (χ1v) is 2.80. The van der Waals surface area contributed by atoms with Crippen molar-refractivity contribution in [1.82, 2.24) is 0 Å². The second kappa shape index (κ2) is 68.7. The maximum absolute atomic E-state index is 8.19. The quantitative estimate of drug-likeness (QED) is 0.646. The van der Waals surface area contributed by atoms with Gasteiger partial charge in [-0.3, -0.25) is 0 Å². The van der Waals surface area contributed by atoms with Gasteiger partial charge in [-0.25, -0.2) is 0 Å². The van der Waals surface area contributed by atoms with Crippen molar-refractivity contribution in [2.24, 2.45) is 0 Å². The van der Waals surface area contributed by atoms with Gasteiger partial charge in [0, 0.05) is 13.2 Å². The molecule has 0 unspecified atom stereocenters. The molecular formula is C4H13BrO3V. The van der Waals surface area contributed by atoms with Gasteiger partial charge in [-0.15, -0.1) is 17.0 Å². The molecule has 0 bridgehead atoms. The molecule has 0 radical (unpaired) electrons. The van der Waals surface area contributed by atoms with E-state index in [0.717, 1.165) is 17.4 Å². The van der Waals surface area contributed by atoms with Crippen LogP contribution in [0.25, 0.3) is 0 Å². The molecule has 0 saturated heterocycles. The summed E-state index contributed by atoms with van der Waals surface area (Å²) >= 11 is 1.06. The van der Waals surface area contributed by atoms with Crippen molar-refractivity contribution in [3.63, 3.8) is 0 Å². The van der Waals surface area contributed by atoms with Gasteiger partial charge in [0.2, 0.25) is 0 Å². The van der Waals surface area contributed by atoms with Crippen LogP contribution in [-0.4, -0.2) is 23.4 Å². The van der Waals surface area contributed by atoms with Crippen LogP contribution >= 0.6 is 17.0 Å². The van der Waals surface area contributed by atoms with Gasteiger partial charge in [0.25, 0.3) is 0 Å². The summed E-state index contributed by atoms with van der Waals surface area (Å²) in [6.07, 6.45) is 0. The van der Waals surface area contributed by atoms with Gasteiger partial charge < -0.3 is 10.2 Å². The fourth-order valence-corrected chi connectivity index (χ4v) is 0. The fourth-order valence-electron chi connectivity index (χ4n) is 0. The number of aliphatic hydroxyl groups is 2. The second-order valence-corrected chi connectivity index (χ2v) is 0.632. The monoisotopic (exact) mass is 239 g/mol.